The Kier molecular flexibility index (Phi) is 4.93. The normalized spacial score (nSPS) is 11.8. The van der Waals surface area contributed by atoms with Crippen molar-refractivity contribution in [3.63, 3.8) is 0 Å². The van der Waals surface area contributed by atoms with Gasteiger partial charge in [0.15, 0.2) is 11.5 Å². The van der Waals surface area contributed by atoms with Crippen molar-refractivity contribution in [2.24, 2.45) is 5.92 Å². The Labute approximate surface area is 135 Å². The molecule has 0 aliphatic heterocycles. The fourth-order valence-electron chi connectivity index (χ4n) is 1.87. The zero-order valence-electron chi connectivity index (χ0n) is 12.4. The van der Waals surface area contributed by atoms with Crippen molar-refractivity contribution in [3.05, 3.63) is 40.8 Å². The summed E-state index contributed by atoms with van der Waals surface area (Å²) < 4.78 is 40.8. The molecule has 2 heterocycles. The van der Waals surface area contributed by atoms with Crippen LogP contribution in [0.2, 0.25) is 5.02 Å². The summed E-state index contributed by atoms with van der Waals surface area (Å²) in [6.07, 6.45) is -2.63. The first kappa shape index (κ1) is 17.3. The molecule has 0 atom stereocenters. The first-order chi connectivity index (χ1) is 10.7. The number of carbonyl (C=O) groups is 1. The predicted molar refractivity (Wildman–Crippen MR) is 78.5 cm³/mol. The van der Waals surface area contributed by atoms with Crippen molar-refractivity contribution in [1.29, 1.82) is 0 Å². The summed E-state index contributed by atoms with van der Waals surface area (Å²) in [5.74, 6) is -0.928. The molecule has 5 nitrogen and oxygen atoms in total. The van der Waals surface area contributed by atoms with Gasteiger partial charge in [-0.15, -0.1) is 0 Å². The largest absolute Gasteiger partial charge is 0.434 e. The van der Waals surface area contributed by atoms with Crippen LogP contribution in [0.25, 0.3) is 5.82 Å². The molecule has 2 aromatic rings. The van der Waals surface area contributed by atoms with E-state index in [1.807, 2.05) is 13.8 Å². The quantitative estimate of drug-likeness (QED) is 0.923. The van der Waals surface area contributed by atoms with Crippen LogP contribution in [0.3, 0.4) is 0 Å². The zero-order valence-corrected chi connectivity index (χ0v) is 13.1. The van der Waals surface area contributed by atoms with Gasteiger partial charge in [0.2, 0.25) is 0 Å². The maximum Gasteiger partial charge on any atom is 0.434 e. The Morgan fingerprint density at radius 2 is 2.13 bits per heavy atom. The van der Waals surface area contributed by atoms with Gasteiger partial charge in [0.25, 0.3) is 5.91 Å². The van der Waals surface area contributed by atoms with Crippen LogP contribution in [0.1, 0.15) is 29.9 Å². The molecule has 0 aliphatic rings. The van der Waals surface area contributed by atoms with Crippen LogP contribution in [0.15, 0.2) is 24.5 Å². The first-order valence-electron chi connectivity index (χ1n) is 6.76. The van der Waals surface area contributed by atoms with E-state index in [4.69, 9.17) is 11.6 Å². The molecule has 0 fully saturated rings. The first-order valence-corrected chi connectivity index (χ1v) is 7.14. The topological polar surface area (TPSA) is 59.8 Å². The lowest BCUT2D eigenvalue weighted by atomic mass is 10.2. The molecule has 9 heteroatoms. The van der Waals surface area contributed by atoms with Gasteiger partial charge in [-0.2, -0.15) is 18.3 Å². The van der Waals surface area contributed by atoms with Crippen LogP contribution in [-0.2, 0) is 6.18 Å². The van der Waals surface area contributed by atoms with Crippen molar-refractivity contribution >= 4 is 17.5 Å². The van der Waals surface area contributed by atoms with Gasteiger partial charge in [0.05, 0.1) is 16.8 Å². The maximum absolute atomic E-state index is 13.4. The highest BCUT2D eigenvalue weighted by molar-refractivity contribution is 6.32. The molecule has 23 heavy (non-hydrogen) atoms. The van der Waals surface area contributed by atoms with Crippen molar-refractivity contribution in [3.8, 4) is 5.82 Å². The van der Waals surface area contributed by atoms with Gasteiger partial charge in [-0.05, 0) is 18.1 Å². The molecule has 2 aromatic heterocycles. The van der Waals surface area contributed by atoms with E-state index in [9.17, 15) is 18.0 Å². The Hall–Kier alpha value is -2.09. The summed E-state index contributed by atoms with van der Waals surface area (Å²) in [4.78, 5) is 15.8. The second-order valence-electron chi connectivity index (χ2n) is 5.23. The number of hydrogen-bond donors (Lipinski definition) is 1. The van der Waals surface area contributed by atoms with E-state index in [1.165, 1.54) is 18.3 Å². The van der Waals surface area contributed by atoms with Gasteiger partial charge in [0.1, 0.15) is 0 Å². The maximum atomic E-state index is 13.4. The third kappa shape index (κ3) is 3.82. The molecule has 0 bridgehead atoms. The summed E-state index contributed by atoms with van der Waals surface area (Å²) in [5.41, 5.74) is -1.78. The molecule has 124 valence electrons. The highest BCUT2D eigenvalue weighted by Crippen LogP contribution is 2.34. The van der Waals surface area contributed by atoms with Crippen molar-refractivity contribution < 1.29 is 18.0 Å². The summed E-state index contributed by atoms with van der Waals surface area (Å²) in [6, 6.07) is 2.88. The number of nitrogens with one attached hydrogen (secondary N) is 1. The van der Waals surface area contributed by atoms with E-state index >= 15 is 0 Å². The van der Waals surface area contributed by atoms with Gasteiger partial charge in [-0.1, -0.05) is 25.4 Å². The average molecular weight is 347 g/mol. The number of rotatable bonds is 4. The second kappa shape index (κ2) is 6.57. The minimum absolute atomic E-state index is 0.00441. The Morgan fingerprint density at radius 1 is 1.43 bits per heavy atom. The van der Waals surface area contributed by atoms with Crippen LogP contribution in [0, 0.1) is 5.92 Å². The molecule has 1 N–H and O–H groups in total. The van der Waals surface area contributed by atoms with Crippen LogP contribution in [-0.4, -0.2) is 27.2 Å². The fourth-order valence-corrected chi connectivity index (χ4v) is 2.07. The molecular weight excluding hydrogens is 333 g/mol. The van der Waals surface area contributed by atoms with Gasteiger partial charge in [-0.25, -0.2) is 9.67 Å². The van der Waals surface area contributed by atoms with Crippen molar-refractivity contribution in [1.82, 2.24) is 20.1 Å². The fraction of sp³-hybridized carbons (Fsp3) is 0.357. The number of amides is 1. The van der Waals surface area contributed by atoms with Gasteiger partial charge >= 0.3 is 6.18 Å². The van der Waals surface area contributed by atoms with Crippen molar-refractivity contribution in [2.75, 3.05) is 6.54 Å². The molecule has 2 rings (SSSR count). The molecule has 0 unspecified atom stereocenters. The van der Waals surface area contributed by atoms with E-state index in [2.05, 4.69) is 15.4 Å². The number of carbonyl (C=O) groups excluding carboxylic acids is 1. The standard InChI is InChI=1S/C14H14ClF3N4O/c1-8(2)6-20-13(23)9-7-21-22(11(9)14(16,17)18)12-10(15)4-3-5-19-12/h3-5,7-8H,6H2,1-2H3,(H,20,23). The molecule has 0 aromatic carbocycles. The van der Waals surface area contributed by atoms with Gasteiger partial charge in [-0.3, -0.25) is 4.79 Å². The average Bonchev–Trinajstić information content (AvgIpc) is 2.90. The van der Waals surface area contributed by atoms with Crippen LogP contribution < -0.4 is 5.32 Å². The Balaban J connectivity index is 2.51. The highest BCUT2D eigenvalue weighted by atomic mass is 35.5. The minimum Gasteiger partial charge on any atom is -0.352 e. The Morgan fingerprint density at radius 3 is 2.70 bits per heavy atom. The van der Waals surface area contributed by atoms with E-state index in [0.717, 1.165) is 6.20 Å². The molecule has 0 saturated heterocycles. The zero-order chi connectivity index (χ0) is 17.2. The lowest BCUT2D eigenvalue weighted by Crippen LogP contribution is -2.29. The summed E-state index contributed by atoms with van der Waals surface area (Å²) in [5, 5.41) is 6.09. The number of pyridine rings is 1. The van der Waals surface area contributed by atoms with Gasteiger partial charge < -0.3 is 5.32 Å². The number of nitrogens with zero attached hydrogens (tertiary/aromatic N) is 3. The van der Waals surface area contributed by atoms with E-state index in [-0.39, 0.29) is 23.3 Å². The van der Waals surface area contributed by atoms with Crippen molar-refractivity contribution in [2.45, 2.75) is 20.0 Å². The number of halogens is 4. The van der Waals surface area contributed by atoms with E-state index in [1.54, 1.807) is 0 Å². The van der Waals surface area contributed by atoms with E-state index in [0.29, 0.717) is 4.68 Å². The lowest BCUT2D eigenvalue weighted by Gasteiger charge is -2.13. The third-order valence-corrected chi connectivity index (χ3v) is 3.19. The summed E-state index contributed by atoms with van der Waals surface area (Å²) in [7, 11) is 0. The lowest BCUT2D eigenvalue weighted by molar-refractivity contribution is -0.143. The number of alkyl halides is 3. The highest BCUT2D eigenvalue weighted by Gasteiger charge is 2.41. The Bertz CT molecular complexity index is 712. The third-order valence-electron chi connectivity index (χ3n) is 2.89. The van der Waals surface area contributed by atoms with Crippen LogP contribution in [0.5, 0.6) is 0 Å². The van der Waals surface area contributed by atoms with E-state index < -0.39 is 23.3 Å². The molecule has 0 spiro atoms. The monoisotopic (exact) mass is 346 g/mol. The SMILES string of the molecule is CC(C)CNC(=O)c1cnn(-c2ncccc2Cl)c1C(F)(F)F. The second-order valence-corrected chi connectivity index (χ2v) is 5.64. The predicted octanol–water partition coefficient (Wildman–Crippen LogP) is 3.33. The smallest absolute Gasteiger partial charge is 0.352 e. The van der Waals surface area contributed by atoms with Gasteiger partial charge in [0, 0.05) is 12.7 Å². The van der Waals surface area contributed by atoms with Crippen LogP contribution in [0.4, 0.5) is 13.2 Å². The molecular formula is C14H14ClF3N4O. The molecule has 0 saturated carbocycles. The molecule has 1 amide bonds. The summed E-state index contributed by atoms with van der Waals surface area (Å²) >= 11 is 5.88. The summed E-state index contributed by atoms with van der Waals surface area (Å²) in [6.45, 7) is 3.93. The van der Waals surface area contributed by atoms with Crippen LogP contribution >= 0.6 is 11.6 Å². The number of aromatic nitrogens is 3. The molecule has 0 aliphatic carbocycles. The number of hydrogen-bond acceptors (Lipinski definition) is 3. The molecule has 0 radical (unpaired) electrons. The minimum atomic E-state index is -4.79.